The molecule has 0 spiro atoms. The summed E-state index contributed by atoms with van der Waals surface area (Å²) in [5.41, 5.74) is 26.5. The van der Waals surface area contributed by atoms with Gasteiger partial charge in [-0.05, 0) is 256 Å². The third kappa shape index (κ3) is 11.4. The van der Waals surface area contributed by atoms with Gasteiger partial charge in [0.05, 0.1) is 38.6 Å². The van der Waals surface area contributed by atoms with Crippen LogP contribution in [0.1, 0.15) is 0 Å². The highest BCUT2D eigenvalue weighted by Gasteiger charge is 2.23. The maximum absolute atomic E-state index is 4.78. The molecule has 0 amide bonds. The molecule has 0 N–H and O–H groups in total. The van der Waals surface area contributed by atoms with E-state index in [0.29, 0.717) is 0 Å². The van der Waals surface area contributed by atoms with Gasteiger partial charge in [-0.25, -0.2) is 0 Å². The summed E-state index contributed by atoms with van der Waals surface area (Å²) < 4.78 is 7.12. The molecule has 6 heteroatoms. The van der Waals surface area contributed by atoms with Gasteiger partial charge in [-0.15, -0.1) is 0 Å². The maximum Gasteiger partial charge on any atom is 0.0702 e. The van der Waals surface area contributed by atoms with E-state index in [-0.39, 0.29) is 0 Å². The first-order valence-electron chi connectivity index (χ1n) is 43.6. The first kappa shape index (κ1) is 71.8. The number of para-hydroxylation sites is 7. The lowest BCUT2D eigenvalue weighted by Gasteiger charge is -2.17. The summed E-state index contributed by atoms with van der Waals surface area (Å²) in [5, 5.41) is 32.1. The van der Waals surface area contributed by atoms with Crippen molar-refractivity contribution in [2.75, 3.05) is 0 Å². The SMILES string of the molecule is c1ccc2c(c1)c1ccccc1n2-c1ccc(-c2ccc3ccc4c(-c5ccncc5)ccc5ccc2c3c54)cc1.c1ccc2ncc(-c3ccc4ccc5c(-c6ccc(-n7c8ccccc8c8ccccc87)cc6)ccc6ccc3c4c65)cc2c1.c1cncc(-c2ccc3ccc4c(-c5ccc(-n6c7ccccc7c7ccccc76)cc5)ccc5ccc2c3c54)c1. The van der Waals surface area contributed by atoms with Gasteiger partial charge in [-0.3, -0.25) is 15.0 Å². The quantitative estimate of drug-likeness (QED) is 0.135. The van der Waals surface area contributed by atoms with Crippen LogP contribution in [0, 0.1) is 0 Å². The summed E-state index contributed by atoms with van der Waals surface area (Å²) in [6.07, 6.45) is 9.54. The fourth-order valence-corrected chi connectivity index (χ4v) is 21.2. The van der Waals surface area contributed by atoms with Gasteiger partial charge in [0.25, 0.3) is 0 Å². The normalized spacial score (nSPS) is 11.9. The average Bonchev–Trinajstić information content (AvgIpc) is 1.72. The van der Waals surface area contributed by atoms with Gasteiger partial charge in [0, 0.05) is 96.9 Å². The number of hydrogen-bond acceptors (Lipinski definition) is 3. The Morgan fingerprint density at radius 1 is 0.157 bits per heavy atom. The third-order valence-electron chi connectivity index (χ3n) is 26.9. The first-order valence-corrected chi connectivity index (χ1v) is 43.6. The number of hydrogen-bond donors (Lipinski definition) is 0. The summed E-state index contributed by atoms with van der Waals surface area (Å²) in [6.45, 7) is 0. The molecule has 22 aromatic carbocycles. The molecular formula is C121H74N6. The van der Waals surface area contributed by atoms with E-state index in [2.05, 4.69) is 430 Å². The van der Waals surface area contributed by atoms with E-state index in [1.54, 1.807) is 0 Å². The van der Waals surface area contributed by atoms with Crippen LogP contribution in [-0.2, 0) is 0 Å². The summed E-state index contributed by atoms with van der Waals surface area (Å²) in [5.74, 6) is 0. The van der Waals surface area contributed by atoms with Crippen LogP contribution in [0.15, 0.2) is 450 Å². The van der Waals surface area contributed by atoms with Crippen molar-refractivity contribution >= 4 is 173 Å². The standard InChI is InChI=1S/C43H26N2.2C39H24N2/c1-4-10-39-30(7-1)25-31(26-44-39)34-22-16-29-17-23-37-33(21-15-28-18-24-38(34)43(29)42(28)37)27-13-19-32(20-14-27)45-40-11-5-2-8-35(40)36-9-3-6-12-41(36)45;1-3-9-36-32(7-1)33-8-2-4-10-37(33)41(36)29-17-11-25(12-18-29)30-19-13-26-16-22-35-31(28-6-5-23-40-24-28)20-14-27-15-21-34(30)38(26)39(27)35;1-3-7-36-32(5-1)33-6-2-4-8-37(33)41(36)29-15-9-25(10-16-29)30-17-11-27-14-20-35-31(26-21-23-40-24-22-26)18-12-28-13-19-34(30)38(27)39(28)35/h1-26H;2*1-24H. The molecule has 28 rings (SSSR count). The van der Waals surface area contributed by atoms with Crippen molar-refractivity contribution < 1.29 is 0 Å². The number of fused-ring (bicyclic) bond motifs is 10. The van der Waals surface area contributed by atoms with Crippen LogP contribution in [-0.4, -0.2) is 28.7 Å². The largest absolute Gasteiger partial charge is 0.309 e. The molecule has 0 atom stereocenters. The van der Waals surface area contributed by atoms with E-state index < -0.39 is 0 Å². The van der Waals surface area contributed by atoms with Crippen molar-refractivity contribution in [3.8, 4) is 83.8 Å². The molecule has 588 valence electrons. The van der Waals surface area contributed by atoms with E-state index >= 15 is 0 Å². The number of rotatable bonds is 9. The lowest BCUT2D eigenvalue weighted by molar-refractivity contribution is 1.18. The Kier molecular flexibility index (Phi) is 16.3. The van der Waals surface area contributed by atoms with Gasteiger partial charge >= 0.3 is 0 Å². The predicted octanol–water partition coefficient (Wildman–Crippen LogP) is 32.4. The Morgan fingerprint density at radius 3 is 0.732 bits per heavy atom. The van der Waals surface area contributed by atoms with Crippen molar-refractivity contribution in [1.82, 2.24) is 28.7 Å². The van der Waals surface area contributed by atoms with Crippen LogP contribution in [0.2, 0.25) is 0 Å². The average molecular weight is 1610 g/mol. The van der Waals surface area contributed by atoms with Crippen molar-refractivity contribution in [3.63, 3.8) is 0 Å². The summed E-state index contributed by atoms with van der Waals surface area (Å²) >= 11 is 0. The second-order valence-electron chi connectivity index (χ2n) is 33.6. The zero-order valence-corrected chi connectivity index (χ0v) is 68.9. The minimum Gasteiger partial charge on any atom is -0.309 e. The van der Waals surface area contributed by atoms with Crippen LogP contribution >= 0.6 is 0 Å². The molecule has 0 unspecified atom stereocenters. The second kappa shape index (κ2) is 28.9. The molecule has 0 aliphatic heterocycles. The maximum atomic E-state index is 4.78. The molecule has 0 saturated heterocycles. The van der Waals surface area contributed by atoms with Gasteiger partial charge in [-0.2, -0.15) is 0 Å². The van der Waals surface area contributed by atoms with E-state index in [9.17, 15) is 0 Å². The highest BCUT2D eigenvalue weighted by Crippen LogP contribution is 2.48. The van der Waals surface area contributed by atoms with Gasteiger partial charge in [0.2, 0.25) is 0 Å². The Hall–Kier alpha value is -16.9. The van der Waals surface area contributed by atoms with Crippen molar-refractivity contribution in [2.45, 2.75) is 0 Å². The smallest absolute Gasteiger partial charge is 0.0702 e. The van der Waals surface area contributed by atoms with Crippen LogP contribution in [0.4, 0.5) is 0 Å². The summed E-state index contributed by atoms with van der Waals surface area (Å²) in [4.78, 5) is 13.4. The topological polar surface area (TPSA) is 53.5 Å². The minimum atomic E-state index is 1.02. The highest BCUT2D eigenvalue weighted by atomic mass is 15.0. The zero-order chi connectivity index (χ0) is 83.3. The van der Waals surface area contributed by atoms with Crippen LogP contribution < -0.4 is 0 Å². The lowest BCUT2D eigenvalue weighted by Crippen LogP contribution is -1.94. The lowest BCUT2D eigenvalue weighted by atomic mass is 9.87. The number of aromatic nitrogens is 6. The fraction of sp³-hybridized carbons (Fsp3) is 0. The fourth-order valence-electron chi connectivity index (χ4n) is 21.2. The molecule has 6 nitrogen and oxygen atoms in total. The molecule has 28 aromatic rings. The number of benzene rings is 22. The predicted molar refractivity (Wildman–Crippen MR) is 537 cm³/mol. The van der Waals surface area contributed by atoms with Gasteiger partial charge in [0.15, 0.2) is 0 Å². The number of pyridine rings is 3. The van der Waals surface area contributed by atoms with Crippen molar-refractivity contribution in [3.05, 3.63) is 450 Å². The molecule has 0 fully saturated rings. The Morgan fingerprint density at radius 2 is 0.425 bits per heavy atom. The monoisotopic (exact) mass is 1610 g/mol. The Labute approximate surface area is 730 Å². The van der Waals surface area contributed by atoms with Gasteiger partial charge < -0.3 is 13.7 Å². The molecule has 0 aliphatic rings. The molecule has 0 radical (unpaired) electrons. The second-order valence-corrected chi connectivity index (χ2v) is 33.6. The van der Waals surface area contributed by atoms with Crippen LogP contribution in [0.25, 0.3) is 257 Å². The molecule has 0 aliphatic carbocycles. The third-order valence-corrected chi connectivity index (χ3v) is 26.9. The Bertz CT molecular complexity index is 8740. The molecule has 127 heavy (non-hydrogen) atoms. The van der Waals surface area contributed by atoms with E-state index in [1.807, 2.05) is 43.1 Å². The van der Waals surface area contributed by atoms with Crippen molar-refractivity contribution in [2.24, 2.45) is 0 Å². The first-order chi connectivity index (χ1) is 63.0. The zero-order valence-electron chi connectivity index (χ0n) is 68.9. The molecule has 6 aromatic heterocycles. The molecular weight excluding hydrogens is 1540 g/mol. The van der Waals surface area contributed by atoms with Gasteiger partial charge in [-0.1, -0.05) is 315 Å². The summed E-state index contributed by atoms with van der Waals surface area (Å²) in [7, 11) is 0. The van der Waals surface area contributed by atoms with Crippen molar-refractivity contribution in [1.29, 1.82) is 0 Å². The Balaban J connectivity index is 0.000000101. The molecule has 0 saturated carbocycles. The summed E-state index contributed by atoms with van der Waals surface area (Å²) in [6, 6.07) is 153. The van der Waals surface area contributed by atoms with E-state index in [0.717, 1.165) is 22.0 Å². The number of nitrogens with zero attached hydrogens (tertiary/aromatic N) is 6. The van der Waals surface area contributed by atoms with Crippen LogP contribution in [0.3, 0.4) is 0 Å². The highest BCUT2D eigenvalue weighted by molar-refractivity contribution is 6.31. The molecule has 6 heterocycles. The molecule has 0 bridgehead atoms. The van der Waals surface area contributed by atoms with Crippen LogP contribution in [0.5, 0.6) is 0 Å². The van der Waals surface area contributed by atoms with E-state index in [4.69, 9.17) is 4.98 Å². The van der Waals surface area contributed by atoms with E-state index in [1.165, 1.54) is 235 Å². The minimum absolute atomic E-state index is 1.02. The van der Waals surface area contributed by atoms with Gasteiger partial charge in [0.1, 0.15) is 0 Å².